The maximum Gasteiger partial charge on any atom is 0.228 e. The molecule has 1 amide bonds. The van der Waals surface area contributed by atoms with Crippen LogP contribution in [0.4, 0.5) is 5.82 Å². The molecule has 6 nitrogen and oxygen atoms in total. The molecule has 35 heavy (non-hydrogen) atoms. The topological polar surface area (TPSA) is 50.6 Å². The zero-order chi connectivity index (χ0) is 24.2. The third kappa shape index (κ3) is 4.80. The van der Waals surface area contributed by atoms with E-state index in [4.69, 9.17) is 9.84 Å². The van der Waals surface area contributed by atoms with Gasteiger partial charge in [0, 0.05) is 37.5 Å². The van der Waals surface area contributed by atoms with Crippen molar-refractivity contribution in [3.8, 4) is 11.4 Å². The van der Waals surface area contributed by atoms with Gasteiger partial charge in [0.2, 0.25) is 5.91 Å². The fraction of sp³-hybridized carbons (Fsp3) is 0.310. The van der Waals surface area contributed by atoms with E-state index in [-0.39, 0.29) is 11.9 Å². The first-order valence-corrected chi connectivity index (χ1v) is 12.4. The number of rotatable bonds is 7. The summed E-state index contributed by atoms with van der Waals surface area (Å²) in [6.07, 6.45) is 2.32. The molecule has 0 spiro atoms. The van der Waals surface area contributed by atoms with E-state index in [9.17, 15) is 4.79 Å². The number of hydrogen-bond acceptors (Lipinski definition) is 4. The minimum atomic E-state index is 0.122. The quantitative estimate of drug-likeness (QED) is 0.362. The molecule has 5 rings (SSSR count). The number of likely N-dealkylation sites (tertiary alicyclic amines) is 1. The second-order valence-corrected chi connectivity index (χ2v) is 9.06. The van der Waals surface area contributed by atoms with E-state index in [0.29, 0.717) is 6.42 Å². The van der Waals surface area contributed by atoms with Crippen molar-refractivity contribution in [2.24, 2.45) is 0 Å². The summed E-state index contributed by atoms with van der Waals surface area (Å²) < 4.78 is 7.26. The molecule has 1 aromatic heterocycles. The van der Waals surface area contributed by atoms with E-state index in [1.165, 1.54) is 5.56 Å². The summed E-state index contributed by atoms with van der Waals surface area (Å²) in [4.78, 5) is 17.8. The van der Waals surface area contributed by atoms with Gasteiger partial charge in [-0.05, 0) is 54.8 Å². The second kappa shape index (κ2) is 10.3. The van der Waals surface area contributed by atoms with Crippen LogP contribution in [0, 0.1) is 0 Å². The zero-order valence-electron chi connectivity index (χ0n) is 20.4. The van der Waals surface area contributed by atoms with Crippen LogP contribution in [0.15, 0.2) is 78.9 Å². The Kier molecular flexibility index (Phi) is 6.82. The smallest absolute Gasteiger partial charge is 0.228 e. The number of anilines is 1. The fourth-order valence-electron chi connectivity index (χ4n) is 4.99. The molecule has 6 heteroatoms. The molecular formula is C29H32N4O2. The predicted octanol–water partition coefficient (Wildman–Crippen LogP) is 5.44. The van der Waals surface area contributed by atoms with Gasteiger partial charge in [-0.1, -0.05) is 49.4 Å². The average Bonchev–Trinajstić information content (AvgIpc) is 3.29. The number of nitrogens with zero attached hydrogens (tertiary/aromatic N) is 4. The van der Waals surface area contributed by atoms with E-state index in [2.05, 4.69) is 47.4 Å². The molecule has 4 aromatic rings. The highest BCUT2D eigenvalue weighted by molar-refractivity contribution is 6.02. The van der Waals surface area contributed by atoms with Gasteiger partial charge < -0.3 is 4.74 Å². The van der Waals surface area contributed by atoms with Crippen molar-refractivity contribution in [1.82, 2.24) is 14.7 Å². The van der Waals surface area contributed by atoms with Gasteiger partial charge in [0.25, 0.3) is 0 Å². The van der Waals surface area contributed by atoms with Crippen LogP contribution >= 0.6 is 0 Å². The Morgan fingerprint density at radius 2 is 1.66 bits per heavy atom. The van der Waals surface area contributed by atoms with Crippen LogP contribution < -0.4 is 9.64 Å². The normalized spacial score (nSPS) is 14.8. The minimum absolute atomic E-state index is 0.122. The van der Waals surface area contributed by atoms with Crippen molar-refractivity contribution in [2.75, 3.05) is 25.1 Å². The van der Waals surface area contributed by atoms with Crippen LogP contribution in [-0.4, -0.2) is 46.8 Å². The number of methoxy groups -OCH3 is 1. The number of para-hydroxylation sites is 1. The highest BCUT2D eigenvalue weighted by atomic mass is 16.5. The Balaban J connectivity index is 1.44. The lowest BCUT2D eigenvalue weighted by Crippen LogP contribution is -2.47. The summed E-state index contributed by atoms with van der Waals surface area (Å²) >= 11 is 0. The van der Waals surface area contributed by atoms with Gasteiger partial charge in [-0.15, -0.1) is 5.10 Å². The molecule has 0 unspecified atom stereocenters. The van der Waals surface area contributed by atoms with E-state index >= 15 is 0 Å². The zero-order valence-corrected chi connectivity index (χ0v) is 20.4. The van der Waals surface area contributed by atoms with Gasteiger partial charge in [0.05, 0.1) is 18.3 Å². The van der Waals surface area contributed by atoms with Crippen LogP contribution in [0.5, 0.6) is 5.75 Å². The molecule has 1 saturated heterocycles. The second-order valence-electron chi connectivity index (χ2n) is 9.06. The molecule has 0 bridgehead atoms. The molecule has 1 aliphatic rings. The highest BCUT2D eigenvalue weighted by Gasteiger charge is 2.31. The molecule has 2 heterocycles. The first-order valence-electron chi connectivity index (χ1n) is 12.4. The van der Waals surface area contributed by atoms with Crippen LogP contribution in [0.1, 0.15) is 31.7 Å². The standard InChI is InChI=1S/C29H32N4O2/c1-3-28(34)32(23-17-19-31(20-18-23)21-22-9-5-4-6-10-22)29-26-11-7-8-12-27(26)33(30-29)24-13-15-25(35-2)16-14-24/h4-16,23H,3,17-21H2,1-2H3. The number of hydrogen-bond donors (Lipinski definition) is 0. The van der Waals surface area contributed by atoms with Gasteiger partial charge in [0.15, 0.2) is 5.82 Å². The Labute approximate surface area is 206 Å². The van der Waals surface area contributed by atoms with Crippen LogP contribution in [0.25, 0.3) is 16.6 Å². The lowest BCUT2D eigenvalue weighted by atomic mass is 10.0. The molecule has 180 valence electrons. The molecule has 0 radical (unpaired) electrons. The number of aromatic nitrogens is 2. The van der Waals surface area contributed by atoms with E-state index < -0.39 is 0 Å². The molecule has 3 aromatic carbocycles. The third-order valence-electron chi connectivity index (χ3n) is 6.86. The van der Waals surface area contributed by atoms with Crippen LogP contribution in [0.3, 0.4) is 0 Å². The van der Waals surface area contributed by atoms with Gasteiger partial charge in [-0.2, -0.15) is 0 Å². The Bertz CT molecular complexity index is 1280. The van der Waals surface area contributed by atoms with Crippen molar-refractivity contribution in [3.63, 3.8) is 0 Å². The van der Waals surface area contributed by atoms with Crippen molar-refractivity contribution in [3.05, 3.63) is 84.4 Å². The summed E-state index contributed by atoms with van der Waals surface area (Å²) in [5, 5.41) is 6.01. The number of amides is 1. The minimum Gasteiger partial charge on any atom is -0.497 e. The molecular weight excluding hydrogens is 436 g/mol. The first-order chi connectivity index (χ1) is 17.2. The number of fused-ring (bicyclic) bond motifs is 1. The highest BCUT2D eigenvalue weighted by Crippen LogP contribution is 2.33. The maximum absolute atomic E-state index is 13.3. The van der Waals surface area contributed by atoms with Crippen molar-refractivity contribution >= 4 is 22.6 Å². The lowest BCUT2D eigenvalue weighted by molar-refractivity contribution is -0.119. The molecule has 0 aliphatic carbocycles. The SMILES string of the molecule is CCC(=O)N(c1nn(-c2ccc(OC)cc2)c2ccccc12)C1CCN(Cc2ccccc2)CC1. The predicted molar refractivity (Wildman–Crippen MR) is 140 cm³/mol. The van der Waals surface area contributed by atoms with Crippen LogP contribution in [0.2, 0.25) is 0 Å². The van der Waals surface area contributed by atoms with Gasteiger partial charge >= 0.3 is 0 Å². The maximum atomic E-state index is 13.3. The van der Waals surface area contributed by atoms with Crippen LogP contribution in [-0.2, 0) is 11.3 Å². The summed E-state index contributed by atoms with van der Waals surface area (Å²) in [7, 11) is 1.66. The van der Waals surface area contributed by atoms with Crippen molar-refractivity contribution < 1.29 is 9.53 Å². The monoisotopic (exact) mass is 468 g/mol. The molecule has 0 N–H and O–H groups in total. The van der Waals surface area contributed by atoms with Gasteiger partial charge in [-0.3, -0.25) is 14.6 Å². The van der Waals surface area contributed by atoms with E-state index in [1.54, 1.807) is 7.11 Å². The summed E-state index contributed by atoms with van der Waals surface area (Å²) in [6.45, 7) is 4.81. The Hall–Kier alpha value is -3.64. The molecule has 1 aliphatic heterocycles. The van der Waals surface area contributed by atoms with Crippen molar-refractivity contribution in [2.45, 2.75) is 38.8 Å². The largest absolute Gasteiger partial charge is 0.497 e. The number of ether oxygens (including phenoxy) is 1. The molecule has 0 saturated carbocycles. The Morgan fingerprint density at radius 1 is 0.971 bits per heavy atom. The third-order valence-corrected chi connectivity index (χ3v) is 6.86. The summed E-state index contributed by atoms with van der Waals surface area (Å²) in [5.41, 5.74) is 3.26. The summed E-state index contributed by atoms with van der Waals surface area (Å²) in [6, 6.07) is 26.8. The molecule has 0 atom stereocenters. The van der Waals surface area contributed by atoms with E-state index in [1.807, 2.05) is 52.9 Å². The van der Waals surface area contributed by atoms with E-state index in [0.717, 1.165) is 60.6 Å². The number of carbonyl (C=O) groups excluding carboxylic acids is 1. The average molecular weight is 469 g/mol. The van der Waals surface area contributed by atoms with Gasteiger partial charge in [-0.25, -0.2) is 4.68 Å². The molecule has 1 fully saturated rings. The summed E-state index contributed by atoms with van der Waals surface area (Å²) in [5.74, 6) is 1.68. The number of benzene rings is 3. The Morgan fingerprint density at radius 3 is 2.34 bits per heavy atom. The van der Waals surface area contributed by atoms with Gasteiger partial charge in [0.1, 0.15) is 5.75 Å². The number of piperidine rings is 1. The fourth-order valence-corrected chi connectivity index (χ4v) is 4.99. The number of carbonyl (C=O) groups is 1. The first kappa shape index (κ1) is 23.1. The van der Waals surface area contributed by atoms with Crippen molar-refractivity contribution in [1.29, 1.82) is 0 Å². The lowest BCUT2D eigenvalue weighted by Gasteiger charge is -2.37.